The molecule has 0 spiro atoms. The van der Waals surface area contributed by atoms with Crippen LogP contribution in [0.15, 0.2) is 28.9 Å². The number of imidazole rings is 1. The Labute approximate surface area is 96.3 Å². The van der Waals surface area contributed by atoms with Crippen LogP contribution in [0, 0.1) is 6.92 Å². The first-order chi connectivity index (χ1) is 7.22. The van der Waals surface area contributed by atoms with Gasteiger partial charge in [0.2, 0.25) is 0 Å². The van der Waals surface area contributed by atoms with Crippen LogP contribution in [0.4, 0.5) is 0 Å². The lowest BCUT2D eigenvalue weighted by Gasteiger charge is -2.03. The van der Waals surface area contributed by atoms with Crippen molar-refractivity contribution in [1.29, 1.82) is 0 Å². The van der Waals surface area contributed by atoms with Crippen LogP contribution in [0.5, 0.6) is 0 Å². The predicted octanol–water partition coefficient (Wildman–Crippen LogP) is 2.64. The number of nitrogens with one attached hydrogen (secondary N) is 1. The fourth-order valence-electron chi connectivity index (χ4n) is 1.41. The van der Waals surface area contributed by atoms with Crippen molar-refractivity contribution in [1.82, 2.24) is 9.97 Å². The van der Waals surface area contributed by atoms with Gasteiger partial charge in [0.25, 0.3) is 0 Å². The zero-order valence-electron chi connectivity index (χ0n) is 8.29. The van der Waals surface area contributed by atoms with E-state index < -0.39 is 0 Å². The Morgan fingerprint density at radius 1 is 1.47 bits per heavy atom. The highest BCUT2D eigenvalue weighted by atomic mass is 79.9. The van der Waals surface area contributed by atoms with Gasteiger partial charge in [0, 0.05) is 10.0 Å². The van der Waals surface area contributed by atoms with Crippen molar-refractivity contribution in [3.8, 4) is 11.4 Å². The molecular formula is C11H11BrN2O. The van der Waals surface area contributed by atoms with E-state index >= 15 is 0 Å². The molecule has 2 rings (SSSR count). The predicted molar refractivity (Wildman–Crippen MR) is 62.4 cm³/mol. The molecule has 0 saturated heterocycles. The van der Waals surface area contributed by atoms with Crippen molar-refractivity contribution in [2.45, 2.75) is 13.5 Å². The number of H-pyrrole nitrogens is 1. The summed E-state index contributed by atoms with van der Waals surface area (Å²) < 4.78 is 1.03. The van der Waals surface area contributed by atoms with E-state index in [2.05, 4.69) is 25.9 Å². The second kappa shape index (κ2) is 4.16. The maximum Gasteiger partial charge on any atom is 0.138 e. The third-order valence-corrected chi connectivity index (χ3v) is 3.30. The summed E-state index contributed by atoms with van der Waals surface area (Å²) in [7, 11) is 0. The third kappa shape index (κ3) is 1.96. The lowest BCUT2D eigenvalue weighted by molar-refractivity contribution is 0.277. The minimum Gasteiger partial charge on any atom is -0.390 e. The molecule has 0 aliphatic heterocycles. The summed E-state index contributed by atoms with van der Waals surface area (Å²) in [6, 6.07) is 6.00. The van der Waals surface area contributed by atoms with Crippen LogP contribution in [0.25, 0.3) is 11.4 Å². The Morgan fingerprint density at radius 3 is 2.93 bits per heavy atom. The lowest BCUT2D eigenvalue weighted by atomic mass is 10.1. The van der Waals surface area contributed by atoms with Crippen LogP contribution in [-0.2, 0) is 6.61 Å². The molecule has 0 bridgehead atoms. The molecule has 0 atom stereocenters. The molecule has 0 amide bonds. The summed E-state index contributed by atoms with van der Waals surface area (Å²) >= 11 is 3.53. The fourth-order valence-corrected chi connectivity index (χ4v) is 1.86. The second-order valence-corrected chi connectivity index (χ2v) is 4.14. The molecule has 78 valence electrons. The largest absolute Gasteiger partial charge is 0.390 e. The molecule has 0 radical (unpaired) electrons. The molecule has 0 fully saturated rings. The van der Waals surface area contributed by atoms with Crippen molar-refractivity contribution < 1.29 is 5.11 Å². The molecule has 3 nitrogen and oxygen atoms in total. The van der Waals surface area contributed by atoms with Crippen molar-refractivity contribution in [3.05, 3.63) is 40.1 Å². The first-order valence-electron chi connectivity index (χ1n) is 4.62. The SMILES string of the molecule is Cc1cccc(-c2ncc(CO)[nH]2)c1Br. The minimum atomic E-state index is -0.0174. The molecule has 0 saturated carbocycles. The van der Waals surface area contributed by atoms with Crippen LogP contribution >= 0.6 is 15.9 Å². The number of aromatic amines is 1. The molecule has 1 heterocycles. The number of aromatic nitrogens is 2. The number of hydrogen-bond donors (Lipinski definition) is 2. The first-order valence-corrected chi connectivity index (χ1v) is 5.42. The molecule has 0 aliphatic rings. The van der Waals surface area contributed by atoms with Gasteiger partial charge >= 0.3 is 0 Å². The van der Waals surface area contributed by atoms with E-state index in [0.29, 0.717) is 0 Å². The average molecular weight is 267 g/mol. The van der Waals surface area contributed by atoms with Gasteiger partial charge < -0.3 is 10.1 Å². The number of halogens is 1. The molecule has 15 heavy (non-hydrogen) atoms. The maximum atomic E-state index is 8.94. The molecule has 1 aromatic carbocycles. The van der Waals surface area contributed by atoms with Gasteiger partial charge in [-0.15, -0.1) is 0 Å². The third-order valence-electron chi connectivity index (χ3n) is 2.25. The highest BCUT2D eigenvalue weighted by Gasteiger charge is 2.08. The number of rotatable bonds is 2. The van der Waals surface area contributed by atoms with E-state index in [1.165, 1.54) is 0 Å². The van der Waals surface area contributed by atoms with Gasteiger partial charge in [0.1, 0.15) is 5.82 Å². The Hall–Kier alpha value is -1.13. The highest BCUT2D eigenvalue weighted by Crippen LogP contribution is 2.28. The van der Waals surface area contributed by atoms with Gasteiger partial charge in [-0.25, -0.2) is 4.98 Å². The summed E-state index contributed by atoms with van der Waals surface area (Å²) in [6.07, 6.45) is 1.64. The summed E-state index contributed by atoms with van der Waals surface area (Å²) in [5, 5.41) is 8.94. The van der Waals surface area contributed by atoms with Crippen molar-refractivity contribution in [3.63, 3.8) is 0 Å². The number of aryl methyl sites for hydroxylation is 1. The van der Waals surface area contributed by atoms with Crippen molar-refractivity contribution >= 4 is 15.9 Å². The standard InChI is InChI=1S/C11H11BrN2O/c1-7-3-2-4-9(10(7)12)11-13-5-8(6-15)14-11/h2-5,15H,6H2,1H3,(H,13,14). The van der Waals surface area contributed by atoms with Crippen LogP contribution in [0.1, 0.15) is 11.3 Å². The molecule has 1 aromatic heterocycles. The summed E-state index contributed by atoms with van der Waals surface area (Å²) in [6.45, 7) is 2.01. The van der Waals surface area contributed by atoms with Gasteiger partial charge in [-0.2, -0.15) is 0 Å². The zero-order chi connectivity index (χ0) is 10.8. The Bertz CT molecular complexity index is 479. The van der Waals surface area contributed by atoms with Crippen LogP contribution in [0.3, 0.4) is 0 Å². The minimum absolute atomic E-state index is 0.0174. The van der Waals surface area contributed by atoms with Crippen LogP contribution in [-0.4, -0.2) is 15.1 Å². The summed E-state index contributed by atoms with van der Waals surface area (Å²) in [5.41, 5.74) is 2.89. The van der Waals surface area contributed by atoms with Gasteiger partial charge in [0.05, 0.1) is 18.5 Å². The number of aliphatic hydroxyl groups is 1. The number of nitrogens with zero attached hydrogens (tertiary/aromatic N) is 1. The normalized spacial score (nSPS) is 10.6. The second-order valence-electron chi connectivity index (χ2n) is 3.35. The van der Waals surface area contributed by atoms with E-state index in [-0.39, 0.29) is 6.61 Å². The smallest absolute Gasteiger partial charge is 0.138 e. The topological polar surface area (TPSA) is 48.9 Å². The van der Waals surface area contributed by atoms with E-state index in [1.54, 1.807) is 6.20 Å². The molecule has 2 aromatic rings. The van der Waals surface area contributed by atoms with Crippen molar-refractivity contribution in [2.24, 2.45) is 0 Å². The fraction of sp³-hybridized carbons (Fsp3) is 0.182. The van der Waals surface area contributed by atoms with Crippen LogP contribution < -0.4 is 0 Å². The number of hydrogen-bond acceptors (Lipinski definition) is 2. The Kier molecular flexibility index (Phi) is 2.88. The van der Waals surface area contributed by atoms with Gasteiger partial charge in [-0.3, -0.25) is 0 Å². The zero-order valence-corrected chi connectivity index (χ0v) is 9.87. The van der Waals surface area contributed by atoms with Gasteiger partial charge in [-0.05, 0) is 28.4 Å². The van der Waals surface area contributed by atoms with Crippen molar-refractivity contribution in [2.75, 3.05) is 0 Å². The quantitative estimate of drug-likeness (QED) is 0.878. The van der Waals surface area contributed by atoms with E-state index in [1.807, 2.05) is 25.1 Å². The monoisotopic (exact) mass is 266 g/mol. The summed E-state index contributed by atoms with van der Waals surface area (Å²) in [4.78, 5) is 7.27. The Morgan fingerprint density at radius 2 is 2.27 bits per heavy atom. The van der Waals surface area contributed by atoms with Gasteiger partial charge in [0.15, 0.2) is 0 Å². The molecule has 2 N–H and O–H groups in total. The average Bonchev–Trinajstić information content (AvgIpc) is 2.70. The highest BCUT2D eigenvalue weighted by molar-refractivity contribution is 9.10. The van der Waals surface area contributed by atoms with Crippen LogP contribution in [0.2, 0.25) is 0 Å². The lowest BCUT2D eigenvalue weighted by Crippen LogP contribution is -1.86. The maximum absolute atomic E-state index is 8.94. The summed E-state index contributed by atoms with van der Waals surface area (Å²) in [5.74, 6) is 0.773. The van der Waals surface area contributed by atoms with E-state index in [0.717, 1.165) is 27.1 Å². The van der Waals surface area contributed by atoms with E-state index in [4.69, 9.17) is 5.11 Å². The first kappa shape index (κ1) is 10.4. The molecule has 0 unspecified atom stereocenters. The number of benzene rings is 1. The molecule has 4 heteroatoms. The Balaban J connectivity index is 2.49. The molecule has 0 aliphatic carbocycles. The number of aliphatic hydroxyl groups excluding tert-OH is 1. The van der Waals surface area contributed by atoms with Gasteiger partial charge in [-0.1, -0.05) is 18.2 Å². The molecular weight excluding hydrogens is 256 g/mol. The van der Waals surface area contributed by atoms with E-state index in [9.17, 15) is 0 Å².